The number of carboxylic acids is 1. The minimum absolute atomic E-state index is 0.0665. The largest absolute Gasteiger partial charge is 0.480 e. The first kappa shape index (κ1) is 12.4. The fourth-order valence-corrected chi connectivity index (χ4v) is 3.55. The Morgan fingerprint density at radius 3 is 2.53 bits per heavy atom. The summed E-state index contributed by atoms with van der Waals surface area (Å²) in [5.74, 6) is -1.56. The molecule has 1 aliphatic heterocycles. The van der Waals surface area contributed by atoms with Gasteiger partial charge in [0.2, 0.25) is 0 Å². The van der Waals surface area contributed by atoms with Crippen molar-refractivity contribution >= 4 is 15.8 Å². The van der Waals surface area contributed by atoms with Crippen LogP contribution in [-0.2, 0) is 14.6 Å². The summed E-state index contributed by atoms with van der Waals surface area (Å²) >= 11 is 0. The molecule has 1 fully saturated rings. The van der Waals surface area contributed by atoms with Gasteiger partial charge in [0.25, 0.3) is 0 Å². The summed E-state index contributed by atoms with van der Waals surface area (Å²) in [6.07, 6.45) is -0.667. The number of rotatable bonds is 4. The van der Waals surface area contributed by atoms with Gasteiger partial charge in [0.15, 0.2) is 9.84 Å². The summed E-state index contributed by atoms with van der Waals surface area (Å²) in [5.41, 5.74) is 5.24. The topological polar surface area (TPSA) is 118 Å². The molecule has 1 heterocycles. The highest BCUT2D eigenvalue weighted by Gasteiger charge is 2.34. The van der Waals surface area contributed by atoms with Gasteiger partial charge in [-0.05, 0) is 18.8 Å². The molecule has 0 radical (unpaired) electrons. The number of carboxylic acid groups (broad SMARTS) is 1. The summed E-state index contributed by atoms with van der Waals surface area (Å²) in [6, 6.07) is -1.14. The quantitative estimate of drug-likeness (QED) is 0.552. The van der Waals surface area contributed by atoms with Crippen LogP contribution >= 0.6 is 0 Å². The van der Waals surface area contributed by atoms with Crippen molar-refractivity contribution in [2.24, 2.45) is 11.7 Å². The summed E-state index contributed by atoms with van der Waals surface area (Å²) < 4.78 is 22.2. The molecular formula is C8H15NO5S. The molecular weight excluding hydrogens is 222 g/mol. The van der Waals surface area contributed by atoms with Crippen LogP contribution in [0.1, 0.15) is 12.8 Å². The average molecular weight is 237 g/mol. The molecule has 4 N–H and O–H groups in total. The lowest BCUT2D eigenvalue weighted by molar-refractivity contribution is -0.139. The van der Waals surface area contributed by atoms with E-state index in [9.17, 15) is 18.3 Å². The number of carbonyl (C=O) groups is 1. The monoisotopic (exact) mass is 237 g/mol. The highest BCUT2D eigenvalue weighted by molar-refractivity contribution is 7.91. The van der Waals surface area contributed by atoms with Crippen molar-refractivity contribution < 1.29 is 23.4 Å². The number of hydrogen-bond acceptors (Lipinski definition) is 5. The third-order valence-corrected chi connectivity index (χ3v) is 4.42. The Labute approximate surface area is 88.0 Å². The second-order valence-corrected chi connectivity index (χ2v) is 6.14. The Kier molecular flexibility index (Phi) is 3.69. The second kappa shape index (κ2) is 4.46. The maximum absolute atomic E-state index is 11.1. The lowest BCUT2D eigenvalue weighted by Gasteiger charge is -2.18. The number of hydrogen-bond donors (Lipinski definition) is 3. The SMILES string of the molecule is NC(CC(O)C1CCS(=O)(=O)C1)C(=O)O. The third-order valence-electron chi connectivity index (χ3n) is 2.62. The van der Waals surface area contributed by atoms with E-state index in [0.29, 0.717) is 6.42 Å². The van der Waals surface area contributed by atoms with Gasteiger partial charge in [-0.2, -0.15) is 0 Å². The van der Waals surface area contributed by atoms with Gasteiger partial charge < -0.3 is 15.9 Å². The first-order valence-electron chi connectivity index (χ1n) is 4.68. The molecule has 1 rings (SSSR count). The van der Waals surface area contributed by atoms with Crippen molar-refractivity contribution in [2.75, 3.05) is 11.5 Å². The maximum atomic E-state index is 11.1. The molecule has 15 heavy (non-hydrogen) atoms. The second-order valence-electron chi connectivity index (χ2n) is 3.91. The number of aliphatic hydroxyl groups is 1. The zero-order valence-electron chi connectivity index (χ0n) is 8.17. The van der Waals surface area contributed by atoms with Crippen LogP contribution in [0.2, 0.25) is 0 Å². The molecule has 7 heteroatoms. The van der Waals surface area contributed by atoms with E-state index >= 15 is 0 Å². The van der Waals surface area contributed by atoms with Crippen molar-refractivity contribution in [3.63, 3.8) is 0 Å². The van der Waals surface area contributed by atoms with E-state index in [0.717, 1.165) is 0 Å². The molecule has 0 aliphatic carbocycles. The molecule has 0 bridgehead atoms. The van der Waals surface area contributed by atoms with Gasteiger partial charge in [0.1, 0.15) is 6.04 Å². The van der Waals surface area contributed by atoms with Gasteiger partial charge in [-0.25, -0.2) is 8.42 Å². The van der Waals surface area contributed by atoms with Crippen LogP contribution in [0.25, 0.3) is 0 Å². The minimum atomic E-state index is -3.04. The van der Waals surface area contributed by atoms with E-state index in [2.05, 4.69) is 0 Å². The van der Waals surface area contributed by atoms with Crippen LogP contribution in [-0.4, -0.2) is 48.3 Å². The minimum Gasteiger partial charge on any atom is -0.480 e. The average Bonchev–Trinajstić information content (AvgIpc) is 2.45. The fourth-order valence-electron chi connectivity index (χ4n) is 1.68. The number of nitrogens with two attached hydrogens (primary N) is 1. The van der Waals surface area contributed by atoms with E-state index in [1.165, 1.54) is 0 Å². The smallest absolute Gasteiger partial charge is 0.320 e. The van der Waals surface area contributed by atoms with Crippen molar-refractivity contribution in [3.05, 3.63) is 0 Å². The van der Waals surface area contributed by atoms with Crippen LogP contribution in [0.3, 0.4) is 0 Å². The van der Waals surface area contributed by atoms with Gasteiger partial charge in [0.05, 0.1) is 17.6 Å². The first-order chi connectivity index (χ1) is 6.82. The molecule has 3 unspecified atom stereocenters. The summed E-state index contributed by atoms with van der Waals surface area (Å²) in [4.78, 5) is 10.4. The van der Waals surface area contributed by atoms with Gasteiger partial charge in [-0.3, -0.25) is 4.79 Å². The summed E-state index contributed by atoms with van der Waals surface area (Å²) in [6.45, 7) is 0. The van der Waals surface area contributed by atoms with Crippen molar-refractivity contribution in [3.8, 4) is 0 Å². The van der Waals surface area contributed by atoms with E-state index in [4.69, 9.17) is 10.8 Å². The zero-order valence-corrected chi connectivity index (χ0v) is 8.98. The van der Waals surface area contributed by atoms with Gasteiger partial charge >= 0.3 is 5.97 Å². The lowest BCUT2D eigenvalue weighted by atomic mass is 9.96. The molecule has 0 aromatic heterocycles. The fraction of sp³-hybridized carbons (Fsp3) is 0.875. The Morgan fingerprint density at radius 2 is 2.13 bits per heavy atom. The molecule has 1 saturated heterocycles. The Hall–Kier alpha value is -0.660. The Morgan fingerprint density at radius 1 is 1.53 bits per heavy atom. The van der Waals surface area contributed by atoms with Gasteiger partial charge in [-0.1, -0.05) is 0 Å². The predicted octanol–water partition coefficient (Wildman–Crippen LogP) is -1.42. The molecule has 0 saturated carbocycles. The molecule has 88 valence electrons. The van der Waals surface area contributed by atoms with Crippen LogP contribution in [0, 0.1) is 5.92 Å². The van der Waals surface area contributed by atoms with Crippen LogP contribution < -0.4 is 5.73 Å². The Balaban J connectivity index is 2.49. The molecule has 6 nitrogen and oxygen atoms in total. The lowest BCUT2D eigenvalue weighted by Crippen LogP contribution is -2.36. The number of aliphatic carboxylic acids is 1. The normalized spacial score (nSPS) is 28.5. The molecule has 0 spiro atoms. The maximum Gasteiger partial charge on any atom is 0.320 e. The van der Waals surface area contributed by atoms with Gasteiger partial charge in [0, 0.05) is 0 Å². The summed E-state index contributed by atoms with van der Waals surface area (Å²) in [7, 11) is -3.04. The van der Waals surface area contributed by atoms with E-state index < -0.39 is 28.0 Å². The number of sulfone groups is 1. The first-order valence-corrected chi connectivity index (χ1v) is 6.51. The summed E-state index contributed by atoms with van der Waals surface area (Å²) in [5, 5.41) is 18.1. The van der Waals surface area contributed by atoms with E-state index in [1.54, 1.807) is 0 Å². The van der Waals surface area contributed by atoms with E-state index in [1.807, 2.05) is 0 Å². The standard InChI is InChI=1S/C8H15NO5S/c9-6(8(11)12)3-7(10)5-1-2-15(13,14)4-5/h5-7,10H,1-4,9H2,(H,11,12). The van der Waals surface area contributed by atoms with E-state index in [-0.39, 0.29) is 23.8 Å². The van der Waals surface area contributed by atoms with Crippen molar-refractivity contribution in [1.29, 1.82) is 0 Å². The van der Waals surface area contributed by atoms with Crippen LogP contribution in [0.15, 0.2) is 0 Å². The van der Waals surface area contributed by atoms with Crippen LogP contribution in [0.4, 0.5) is 0 Å². The molecule has 3 atom stereocenters. The highest BCUT2D eigenvalue weighted by atomic mass is 32.2. The third kappa shape index (κ3) is 3.44. The molecule has 0 amide bonds. The number of aliphatic hydroxyl groups excluding tert-OH is 1. The predicted molar refractivity (Wildman–Crippen MR) is 53.0 cm³/mol. The van der Waals surface area contributed by atoms with Crippen molar-refractivity contribution in [1.82, 2.24) is 0 Å². The van der Waals surface area contributed by atoms with Gasteiger partial charge in [-0.15, -0.1) is 0 Å². The molecule has 0 aromatic carbocycles. The molecule has 1 aliphatic rings. The molecule has 0 aromatic rings. The zero-order chi connectivity index (χ0) is 11.6. The van der Waals surface area contributed by atoms with Crippen molar-refractivity contribution in [2.45, 2.75) is 25.0 Å². The Bertz CT molecular complexity index is 339. The van der Waals surface area contributed by atoms with Crippen LogP contribution in [0.5, 0.6) is 0 Å². The highest BCUT2D eigenvalue weighted by Crippen LogP contribution is 2.23.